The number of hydrogen-bond acceptors (Lipinski definition) is 5. The summed E-state index contributed by atoms with van der Waals surface area (Å²) in [6.07, 6.45) is 2.54. The summed E-state index contributed by atoms with van der Waals surface area (Å²) in [5.41, 5.74) is 4.64. The van der Waals surface area contributed by atoms with E-state index in [1.165, 1.54) is 6.21 Å². The zero-order valence-corrected chi connectivity index (χ0v) is 18.0. The first-order chi connectivity index (χ1) is 14.8. The monoisotopic (exact) mass is 437 g/mol. The third kappa shape index (κ3) is 6.68. The highest BCUT2D eigenvalue weighted by atomic mass is 32.2. The number of anilines is 1. The smallest absolute Gasteiger partial charge is 0.260 e. The molecule has 7 nitrogen and oxygen atoms in total. The van der Waals surface area contributed by atoms with E-state index in [1.54, 1.807) is 24.3 Å². The lowest BCUT2D eigenvalue weighted by molar-refractivity contribution is -0.119. The fourth-order valence-corrected chi connectivity index (χ4v) is 3.56. The summed E-state index contributed by atoms with van der Waals surface area (Å²) >= 11 is 0. The Morgan fingerprint density at radius 3 is 2.19 bits per heavy atom. The second-order valence-corrected chi connectivity index (χ2v) is 8.79. The number of hydrazone groups is 1. The third-order valence-corrected chi connectivity index (χ3v) is 5.41. The largest absolute Gasteiger partial charge is 0.457 e. The van der Waals surface area contributed by atoms with Gasteiger partial charge in [0.2, 0.25) is 10.0 Å². The lowest BCUT2D eigenvalue weighted by Gasteiger charge is -2.21. The first-order valence-corrected chi connectivity index (χ1v) is 11.4. The summed E-state index contributed by atoms with van der Waals surface area (Å²) in [4.78, 5) is 12.3. The second-order valence-electron chi connectivity index (χ2n) is 6.88. The predicted molar refractivity (Wildman–Crippen MR) is 122 cm³/mol. The molecule has 0 spiro atoms. The highest BCUT2D eigenvalue weighted by molar-refractivity contribution is 7.92. The van der Waals surface area contributed by atoms with Crippen LogP contribution in [0.15, 0.2) is 84.0 Å². The molecule has 0 bridgehead atoms. The lowest BCUT2D eigenvalue weighted by Crippen LogP contribution is -2.38. The van der Waals surface area contributed by atoms with Gasteiger partial charge in [-0.1, -0.05) is 48.0 Å². The Kier molecular flexibility index (Phi) is 7.04. The molecular weight excluding hydrogens is 414 g/mol. The van der Waals surface area contributed by atoms with Gasteiger partial charge in [0.05, 0.1) is 18.2 Å². The number of aryl methyl sites for hydroxylation is 1. The number of carbonyl (C=O) groups excluding carboxylic acids is 1. The molecule has 0 fully saturated rings. The number of amides is 1. The van der Waals surface area contributed by atoms with Crippen LogP contribution in [0.25, 0.3) is 0 Å². The van der Waals surface area contributed by atoms with E-state index in [9.17, 15) is 13.2 Å². The molecule has 160 valence electrons. The number of carbonyl (C=O) groups is 1. The van der Waals surface area contributed by atoms with Crippen molar-refractivity contribution in [3.63, 3.8) is 0 Å². The molecule has 1 N–H and O–H groups in total. The van der Waals surface area contributed by atoms with Crippen LogP contribution in [0.3, 0.4) is 0 Å². The molecule has 0 saturated heterocycles. The maximum absolute atomic E-state index is 12.3. The normalized spacial score (nSPS) is 11.3. The number of ether oxygens (including phenoxy) is 1. The standard InChI is InChI=1S/C23H23N3O4S/c1-18-8-10-19(11-9-18)16-24-25-23(27)17-26(31(2,28)29)20-12-14-22(15-13-20)30-21-6-4-3-5-7-21/h3-16H,17H2,1-2H3,(H,25,27)/b24-16-. The molecule has 0 aliphatic heterocycles. The van der Waals surface area contributed by atoms with Crippen LogP contribution >= 0.6 is 0 Å². The molecule has 0 aliphatic carbocycles. The van der Waals surface area contributed by atoms with E-state index in [1.807, 2.05) is 61.5 Å². The molecule has 0 aromatic heterocycles. The number of nitrogens with zero attached hydrogens (tertiary/aromatic N) is 2. The van der Waals surface area contributed by atoms with E-state index in [2.05, 4.69) is 10.5 Å². The van der Waals surface area contributed by atoms with Crippen molar-refractivity contribution in [2.75, 3.05) is 17.1 Å². The molecule has 0 aliphatic rings. The van der Waals surface area contributed by atoms with Gasteiger partial charge in [0, 0.05) is 0 Å². The SMILES string of the molecule is Cc1ccc(/C=N\NC(=O)CN(c2ccc(Oc3ccccc3)cc2)S(C)(=O)=O)cc1. The van der Waals surface area contributed by atoms with Gasteiger partial charge < -0.3 is 4.74 Å². The Labute approximate surface area is 182 Å². The Hall–Kier alpha value is -3.65. The molecular formula is C23H23N3O4S. The van der Waals surface area contributed by atoms with Crippen LogP contribution in [0.1, 0.15) is 11.1 Å². The molecule has 0 saturated carbocycles. The molecule has 31 heavy (non-hydrogen) atoms. The molecule has 0 radical (unpaired) electrons. The number of rotatable bonds is 8. The average molecular weight is 438 g/mol. The van der Waals surface area contributed by atoms with Crippen LogP contribution in [0.4, 0.5) is 5.69 Å². The first kappa shape index (κ1) is 22.0. The van der Waals surface area contributed by atoms with Crippen molar-refractivity contribution >= 4 is 27.8 Å². The summed E-state index contributed by atoms with van der Waals surface area (Å²) in [5, 5.41) is 3.89. The van der Waals surface area contributed by atoms with E-state index in [4.69, 9.17) is 4.74 Å². The molecule has 1 amide bonds. The first-order valence-electron chi connectivity index (χ1n) is 9.50. The van der Waals surface area contributed by atoms with Crippen molar-refractivity contribution in [1.82, 2.24) is 5.43 Å². The van der Waals surface area contributed by atoms with Crippen molar-refractivity contribution < 1.29 is 17.9 Å². The summed E-state index contributed by atoms with van der Waals surface area (Å²) in [6, 6.07) is 23.3. The minimum absolute atomic E-state index is 0.348. The van der Waals surface area contributed by atoms with E-state index in [0.717, 1.165) is 21.7 Å². The minimum atomic E-state index is -3.69. The predicted octanol–water partition coefficient (Wildman–Crippen LogP) is 3.70. The zero-order valence-electron chi connectivity index (χ0n) is 17.2. The molecule has 8 heteroatoms. The maximum Gasteiger partial charge on any atom is 0.260 e. The Morgan fingerprint density at radius 1 is 0.968 bits per heavy atom. The summed E-state index contributed by atoms with van der Waals surface area (Å²) in [5.74, 6) is 0.662. The number of hydrogen-bond donors (Lipinski definition) is 1. The molecule has 3 aromatic carbocycles. The van der Waals surface area contributed by atoms with Gasteiger partial charge in [-0.2, -0.15) is 5.10 Å². The maximum atomic E-state index is 12.3. The van der Waals surface area contributed by atoms with E-state index >= 15 is 0 Å². The van der Waals surface area contributed by atoms with E-state index in [0.29, 0.717) is 17.2 Å². The van der Waals surface area contributed by atoms with Gasteiger partial charge in [-0.15, -0.1) is 0 Å². The van der Waals surface area contributed by atoms with Gasteiger partial charge in [0.25, 0.3) is 5.91 Å². The van der Waals surface area contributed by atoms with Crippen LogP contribution in [0.2, 0.25) is 0 Å². The van der Waals surface area contributed by atoms with Crippen LogP contribution in [0, 0.1) is 6.92 Å². The molecule has 0 heterocycles. The van der Waals surface area contributed by atoms with Crippen LogP contribution in [0.5, 0.6) is 11.5 Å². The van der Waals surface area contributed by atoms with Crippen LogP contribution in [-0.2, 0) is 14.8 Å². The Balaban J connectivity index is 1.66. The van der Waals surface area contributed by atoms with Gasteiger partial charge in [0.15, 0.2) is 0 Å². The van der Waals surface area contributed by atoms with Crippen molar-refractivity contribution in [3.8, 4) is 11.5 Å². The van der Waals surface area contributed by atoms with E-state index in [-0.39, 0.29) is 0 Å². The quantitative estimate of drug-likeness (QED) is 0.430. The van der Waals surface area contributed by atoms with Crippen molar-refractivity contribution in [2.45, 2.75) is 6.92 Å². The molecule has 3 rings (SSSR count). The zero-order chi connectivity index (χ0) is 22.3. The lowest BCUT2D eigenvalue weighted by atomic mass is 10.2. The fraction of sp³-hybridized carbons (Fsp3) is 0.130. The Bertz CT molecular complexity index is 1140. The summed E-state index contributed by atoms with van der Waals surface area (Å²) in [7, 11) is -3.69. The average Bonchev–Trinajstić information content (AvgIpc) is 2.74. The van der Waals surface area contributed by atoms with Gasteiger partial charge in [0.1, 0.15) is 18.0 Å². The van der Waals surface area contributed by atoms with Crippen LogP contribution < -0.4 is 14.5 Å². The molecule has 0 unspecified atom stereocenters. The van der Waals surface area contributed by atoms with E-state index < -0.39 is 22.5 Å². The number of benzene rings is 3. The van der Waals surface area contributed by atoms with Crippen LogP contribution in [-0.4, -0.2) is 33.3 Å². The van der Waals surface area contributed by atoms with Gasteiger partial charge in [-0.3, -0.25) is 9.10 Å². The van der Waals surface area contributed by atoms with Gasteiger partial charge >= 0.3 is 0 Å². The third-order valence-electron chi connectivity index (χ3n) is 4.27. The minimum Gasteiger partial charge on any atom is -0.457 e. The topological polar surface area (TPSA) is 88.1 Å². The number of nitrogens with one attached hydrogen (secondary N) is 1. The van der Waals surface area contributed by atoms with Gasteiger partial charge in [-0.05, 0) is 48.9 Å². The highest BCUT2D eigenvalue weighted by Crippen LogP contribution is 2.25. The van der Waals surface area contributed by atoms with Crippen molar-refractivity contribution in [1.29, 1.82) is 0 Å². The van der Waals surface area contributed by atoms with Crippen molar-refractivity contribution in [3.05, 3.63) is 90.0 Å². The molecule has 3 aromatic rings. The number of para-hydroxylation sites is 1. The summed E-state index contributed by atoms with van der Waals surface area (Å²) < 4.78 is 31.2. The molecule has 0 atom stereocenters. The Morgan fingerprint density at radius 2 is 1.58 bits per heavy atom. The number of sulfonamides is 1. The second kappa shape index (κ2) is 9.90. The highest BCUT2D eigenvalue weighted by Gasteiger charge is 2.20. The fourth-order valence-electron chi connectivity index (χ4n) is 2.70. The summed E-state index contributed by atoms with van der Waals surface area (Å²) in [6.45, 7) is 1.58. The van der Waals surface area contributed by atoms with Gasteiger partial charge in [-0.25, -0.2) is 13.8 Å². The van der Waals surface area contributed by atoms with Crippen molar-refractivity contribution in [2.24, 2.45) is 5.10 Å².